The van der Waals surface area contributed by atoms with E-state index in [2.05, 4.69) is 22.5 Å². The first-order valence-electron chi connectivity index (χ1n) is 10.6. The number of rotatable bonds is 6. The lowest BCUT2D eigenvalue weighted by atomic mass is 9.97. The van der Waals surface area contributed by atoms with Crippen LogP contribution in [0.1, 0.15) is 44.6 Å². The van der Waals surface area contributed by atoms with Crippen molar-refractivity contribution in [2.45, 2.75) is 45.2 Å². The van der Waals surface area contributed by atoms with Crippen LogP contribution in [0.25, 0.3) is 0 Å². The van der Waals surface area contributed by atoms with Crippen molar-refractivity contribution in [1.82, 2.24) is 10.2 Å². The predicted molar refractivity (Wildman–Crippen MR) is 109 cm³/mol. The summed E-state index contributed by atoms with van der Waals surface area (Å²) in [5, 5.41) is 5.52. The van der Waals surface area contributed by atoms with Crippen LogP contribution < -0.4 is 15.5 Å². The van der Waals surface area contributed by atoms with Crippen LogP contribution in [0.2, 0.25) is 0 Å². The van der Waals surface area contributed by atoms with Crippen LogP contribution in [-0.4, -0.2) is 50.2 Å². The van der Waals surface area contributed by atoms with Gasteiger partial charge in [-0.05, 0) is 75.9 Å². The maximum atomic E-state index is 13.1. The normalized spacial score (nSPS) is 18.8. The van der Waals surface area contributed by atoms with Crippen molar-refractivity contribution in [3.63, 3.8) is 0 Å². The second kappa shape index (κ2) is 9.69. The van der Waals surface area contributed by atoms with E-state index >= 15 is 0 Å². The lowest BCUT2D eigenvalue weighted by molar-refractivity contribution is -0.137. The summed E-state index contributed by atoms with van der Waals surface area (Å²) in [6, 6.07) is 3.14. The molecule has 0 aliphatic carbocycles. The highest BCUT2D eigenvalue weighted by Crippen LogP contribution is 2.36. The summed E-state index contributed by atoms with van der Waals surface area (Å²) < 4.78 is 39.4. The van der Waals surface area contributed by atoms with E-state index in [1.54, 1.807) is 0 Å². The van der Waals surface area contributed by atoms with Crippen molar-refractivity contribution in [1.29, 1.82) is 0 Å². The number of benzene rings is 1. The van der Waals surface area contributed by atoms with Gasteiger partial charge in [-0.15, -0.1) is 0 Å². The molecule has 0 atom stereocenters. The van der Waals surface area contributed by atoms with E-state index in [1.165, 1.54) is 6.07 Å². The highest BCUT2D eigenvalue weighted by Gasteiger charge is 2.32. The van der Waals surface area contributed by atoms with E-state index in [4.69, 9.17) is 0 Å². The minimum absolute atomic E-state index is 0.219. The summed E-state index contributed by atoms with van der Waals surface area (Å²) in [4.78, 5) is 16.9. The molecule has 3 rings (SSSR count). The Balaban J connectivity index is 1.59. The molecule has 29 heavy (non-hydrogen) atoms. The number of carbonyl (C=O) groups excluding carboxylic acids is 1. The lowest BCUT2D eigenvalue weighted by Gasteiger charge is -2.31. The largest absolute Gasteiger partial charge is 0.416 e. The zero-order valence-corrected chi connectivity index (χ0v) is 17.0. The number of anilines is 2. The van der Waals surface area contributed by atoms with E-state index in [0.29, 0.717) is 18.2 Å². The Morgan fingerprint density at radius 3 is 2.45 bits per heavy atom. The topological polar surface area (TPSA) is 47.6 Å². The van der Waals surface area contributed by atoms with Crippen molar-refractivity contribution in [2.75, 3.05) is 49.5 Å². The van der Waals surface area contributed by atoms with Crippen LogP contribution in [0.3, 0.4) is 0 Å². The Morgan fingerprint density at radius 1 is 1.14 bits per heavy atom. The first kappa shape index (κ1) is 21.7. The van der Waals surface area contributed by atoms with Gasteiger partial charge in [0.2, 0.25) is 0 Å². The maximum absolute atomic E-state index is 13.1. The van der Waals surface area contributed by atoms with Crippen molar-refractivity contribution >= 4 is 17.4 Å². The molecule has 2 aliphatic rings. The van der Waals surface area contributed by atoms with Gasteiger partial charge in [0.05, 0.1) is 16.9 Å². The summed E-state index contributed by atoms with van der Waals surface area (Å²) in [6.07, 6.45) is 0.767. The van der Waals surface area contributed by atoms with E-state index in [1.807, 2.05) is 4.90 Å². The lowest BCUT2D eigenvalue weighted by Crippen LogP contribution is -2.40. The van der Waals surface area contributed by atoms with Gasteiger partial charge in [0.25, 0.3) is 0 Å². The second-order valence-electron chi connectivity index (χ2n) is 8.04. The van der Waals surface area contributed by atoms with Crippen molar-refractivity contribution in [2.24, 2.45) is 5.92 Å². The first-order valence-corrected chi connectivity index (χ1v) is 10.6. The molecule has 2 heterocycles. The molecule has 0 unspecified atom stereocenters. The zero-order chi connectivity index (χ0) is 20.9. The predicted octanol–water partition coefficient (Wildman–Crippen LogP) is 4.55. The summed E-state index contributed by atoms with van der Waals surface area (Å²) >= 11 is 0. The Hall–Kier alpha value is -1.96. The molecule has 2 saturated heterocycles. The molecule has 1 aromatic rings. The third kappa shape index (κ3) is 6.01. The molecule has 0 saturated carbocycles. The fourth-order valence-electron chi connectivity index (χ4n) is 4.18. The number of urea groups is 1. The summed E-state index contributed by atoms with van der Waals surface area (Å²) in [6.45, 7) is 7.47. The second-order valence-corrected chi connectivity index (χ2v) is 8.04. The minimum atomic E-state index is -4.44. The molecule has 162 valence electrons. The van der Waals surface area contributed by atoms with Crippen LogP contribution in [0.15, 0.2) is 18.2 Å². The number of alkyl halides is 3. The average Bonchev–Trinajstić information content (AvgIpc) is 3.21. The first-order chi connectivity index (χ1) is 13.9. The molecular formula is C21H31F3N4O. The van der Waals surface area contributed by atoms with E-state index in [9.17, 15) is 18.0 Å². The maximum Gasteiger partial charge on any atom is 0.416 e. The van der Waals surface area contributed by atoms with Gasteiger partial charge in [-0.2, -0.15) is 13.2 Å². The number of nitrogens with one attached hydrogen (secondary N) is 2. The Kier molecular flexibility index (Phi) is 7.27. The monoisotopic (exact) mass is 412 g/mol. The zero-order valence-electron chi connectivity index (χ0n) is 17.0. The number of amides is 2. The van der Waals surface area contributed by atoms with Gasteiger partial charge < -0.3 is 20.4 Å². The van der Waals surface area contributed by atoms with Gasteiger partial charge in [-0.25, -0.2) is 4.79 Å². The molecule has 8 heteroatoms. The molecular weight excluding hydrogens is 381 g/mol. The summed E-state index contributed by atoms with van der Waals surface area (Å²) in [5.41, 5.74) is 0.120. The Labute approximate surface area is 170 Å². The van der Waals surface area contributed by atoms with Gasteiger partial charge in [0, 0.05) is 19.6 Å². The smallest absolute Gasteiger partial charge is 0.370 e. The van der Waals surface area contributed by atoms with Crippen LogP contribution in [0, 0.1) is 5.92 Å². The number of carbonyl (C=O) groups is 1. The highest BCUT2D eigenvalue weighted by atomic mass is 19.4. The third-order valence-corrected chi connectivity index (χ3v) is 5.82. The van der Waals surface area contributed by atoms with Gasteiger partial charge >= 0.3 is 12.2 Å². The number of hydrogen-bond donors (Lipinski definition) is 2. The molecule has 2 N–H and O–H groups in total. The standard InChI is InChI=1S/C21H31F3N4O/c1-2-9-27-12-7-16(8-13-27)15-25-20(29)26-18-14-17(21(22,23)24)5-6-19(18)28-10-3-4-11-28/h5-6,14,16H,2-4,7-13,15H2,1H3,(H2,25,26,29). The van der Waals surface area contributed by atoms with Gasteiger partial charge in [0.1, 0.15) is 0 Å². The average molecular weight is 413 g/mol. The van der Waals surface area contributed by atoms with E-state index in [0.717, 1.165) is 77.0 Å². The molecule has 0 radical (unpaired) electrons. The van der Waals surface area contributed by atoms with Crippen LogP contribution >= 0.6 is 0 Å². The molecule has 0 spiro atoms. The SMILES string of the molecule is CCCN1CCC(CNC(=O)Nc2cc(C(F)(F)F)ccc2N2CCCC2)CC1. The Morgan fingerprint density at radius 2 is 1.83 bits per heavy atom. The highest BCUT2D eigenvalue weighted by molar-refractivity contribution is 5.93. The van der Waals surface area contributed by atoms with Gasteiger partial charge in [-0.1, -0.05) is 6.92 Å². The van der Waals surface area contributed by atoms with Crippen LogP contribution in [-0.2, 0) is 6.18 Å². The van der Waals surface area contributed by atoms with Crippen molar-refractivity contribution in [3.05, 3.63) is 23.8 Å². The quantitative estimate of drug-likeness (QED) is 0.721. The molecule has 2 aliphatic heterocycles. The molecule has 2 fully saturated rings. The molecule has 5 nitrogen and oxygen atoms in total. The molecule has 2 amide bonds. The molecule has 0 aromatic heterocycles. The minimum Gasteiger partial charge on any atom is -0.370 e. The molecule has 0 bridgehead atoms. The number of nitrogens with zero attached hydrogens (tertiary/aromatic N) is 2. The van der Waals surface area contributed by atoms with Gasteiger partial charge in [0.15, 0.2) is 0 Å². The van der Waals surface area contributed by atoms with E-state index < -0.39 is 17.8 Å². The summed E-state index contributed by atoms with van der Waals surface area (Å²) in [5.74, 6) is 0.411. The van der Waals surface area contributed by atoms with Crippen molar-refractivity contribution in [3.8, 4) is 0 Å². The van der Waals surface area contributed by atoms with Crippen LogP contribution in [0.5, 0.6) is 0 Å². The Bertz CT molecular complexity index is 681. The number of piperidine rings is 1. The summed E-state index contributed by atoms with van der Waals surface area (Å²) in [7, 11) is 0. The number of likely N-dealkylation sites (tertiary alicyclic amines) is 1. The van der Waals surface area contributed by atoms with Crippen LogP contribution in [0.4, 0.5) is 29.3 Å². The number of halogens is 3. The number of hydrogen-bond acceptors (Lipinski definition) is 3. The fraction of sp³-hybridized carbons (Fsp3) is 0.667. The van der Waals surface area contributed by atoms with Crippen molar-refractivity contribution < 1.29 is 18.0 Å². The molecule has 1 aromatic carbocycles. The fourth-order valence-corrected chi connectivity index (χ4v) is 4.18. The van der Waals surface area contributed by atoms with E-state index in [-0.39, 0.29) is 5.69 Å². The van der Waals surface area contributed by atoms with Gasteiger partial charge in [-0.3, -0.25) is 0 Å². The third-order valence-electron chi connectivity index (χ3n) is 5.82.